The second-order valence-corrected chi connectivity index (χ2v) is 2.89. The van der Waals surface area contributed by atoms with Gasteiger partial charge in [-0.25, -0.2) is 0 Å². The summed E-state index contributed by atoms with van der Waals surface area (Å²) in [4.78, 5) is 12.9. The molecule has 0 aromatic rings. The molecule has 0 aromatic carbocycles. The Balaban J connectivity index is 2.83. The monoisotopic (exact) mass is 155 g/mol. The highest BCUT2D eigenvalue weighted by molar-refractivity contribution is 5.94. The lowest BCUT2D eigenvalue weighted by molar-refractivity contribution is -0.127. The number of hydrogen-bond acceptors (Lipinski definition) is 2. The summed E-state index contributed by atoms with van der Waals surface area (Å²) >= 11 is 0. The first-order valence-electron chi connectivity index (χ1n) is 3.77. The highest BCUT2D eigenvalue weighted by atomic mass is 16.3. The zero-order valence-corrected chi connectivity index (χ0v) is 6.92. The van der Waals surface area contributed by atoms with Crippen LogP contribution in [-0.2, 0) is 4.79 Å². The average Bonchev–Trinajstić information content (AvgIpc) is 1.94. The van der Waals surface area contributed by atoms with E-state index < -0.39 is 0 Å². The molecule has 1 heterocycles. The van der Waals surface area contributed by atoms with Crippen LogP contribution in [0.5, 0.6) is 0 Å². The Morgan fingerprint density at radius 2 is 2.27 bits per heavy atom. The van der Waals surface area contributed by atoms with Gasteiger partial charge >= 0.3 is 0 Å². The van der Waals surface area contributed by atoms with Gasteiger partial charge in [-0.15, -0.1) is 0 Å². The van der Waals surface area contributed by atoms with E-state index in [1.54, 1.807) is 18.9 Å². The maximum absolute atomic E-state index is 11.3. The van der Waals surface area contributed by atoms with Crippen LogP contribution in [0, 0.1) is 0 Å². The Hall–Kier alpha value is -0.990. The largest absolute Gasteiger partial charge is 0.512 e. The van der Waals surface area contributed by atoms with E-state index in [9.17, 15) is 4.79 Å². The third-order valence-corrected chi connectivity index (χ3v) is 1.96. The number of carbonyl (C=O) groups excluding carboxylic acids is 1. The molecule has 1 saturated heterocycles. The molecule has 0 aromatic heterocycles. The van der Waals surface area contributed by atoms with E-state index in [2.05, 4.69) is 0 Å². The Kier molecular flexibility index (Phi) is 2.17. The van der Waals surface area contributed by atoms with Gasteiger partial charge in [-0.2, -0.15) is 0 Å². The summed E-state index contributed by atoms with van der Waals surface area (Å²) in [6.07, 6.45) is 1.67. The SMILES string of the molecule is CC(O)=C1CCCN(C)C1=O. The minimum Gasteiger partial charge on any atom is -0.512 e. The maximum atomic E-state index is 11.3. The zero-order chi connectivity index (χ0) is 8.43. The number of amides is 1. The average molecular weight is 155 g/mol. The van der Waals surface area contributed by atoms with Gasteiger partial charge in [-0.05, 0) is 19.8 Å². The van der Waals surface area contributed by atoms with Crippen molar-refractivity contribution in [1.82, 2.24) is 4.90 Å². The van der Waals surface area contributed by atoms with Crippen LogP contribution in [-0.4, -0.2) is 29.5 Å². The van der Waals surface area contributed by atoms with Crippen molar-refractivity contribution >= 4 is 5.91 Å². The lowest BCUT2D eigenvalue weighted by Crippen LogP contribution is -2.33. The number of nitrogens with zero attached hydrogens (tertiary/aromatic N) is 1. The van der Waals surface area contributed by atoms with E-state index in [0.717, 1.165) is 13.0 Å². The van der Waals surface area contributed by atoms with Crippen molar-refractivity contribution < 1.29 is 9.90 Å². The predicted molar refractivity (Wildman–Crippen MR) is 42.2 cm³/mol. The van der Waals surface area contributed by atoms with Gasteiger partial charge in [-0.3, -0.25) is 4.79 Å². The molecule has 0 unspecified atom stereocenters. The lowest BCUT2D eigenvalue weighted by Gasteiger charge is -2.24. The first-order valence-corrected chi connectivity index (χ1v) is 3.77. The van der Waals surface area contributed by atoms with Crippen molar-refractivity contribution in [3.05, 3.63) is 11.3 Å². The molecule has 1 N–H and O–H groups in total. The molecule has 1 fully saturated rings. The third kappa shape index (κ3) is 1.53. The molecule has 3 heteroatoms. The Morgan fingerprint density at radius 1 is 1.64 bits per heavy atom. The van der Waals surface area contributed by atoms with E-state index in [-0.39, 0.29) is 11.7 Å². The molecule has 0 radical (unpaired) electrons. The van der Waals surface area contributed by atoms with Crippen molar-refractivity contribution in [2.45, 2.75) is 19.8 Å². The molecule has 0 aliphatic carbocycles. The van der Waals surface area contributed by atoms with Gasteiger partial charge in [-0.1, -0.05) is 0 Å². The first-order chi connectivity index (χ1) is 5.13. The van der Waals surface area contributed by atoms with Crippen molar-refractivity contribution in [2.24, 2.45) is 0 Å². The number of carbonyl (C=O) groups is 1. The van der Waals surface area contributed by atoms with Crippen LogP contribution in [0.3, 0.4) is 0 Å². The standard InChI is InChI=1S/C8H13NO2/c1-6(10)7-4-3-5-9(2)8(7)11/h10H,3-5H2,1-2H3. The molecule has 1 amide bonds. The van der Waals surface area contributed by atoms with Crippen LogP contribution < -0.4 is 0 Å². The molecule has 0 atom stereocenters. The molecule has 0 bridgehead atoms. The van der Waals surface area contributed by atoms with Crippen LogP contribution in [0.1, 0.15) is 19.8 Å². The molecule has 3 nitrogen and oxygen atoms in total. The smallest absolute Gasteiger partial charge is 0.252 e. The van der Waals surface area contributed by atoms with E-state index in [1.165, 1.54) is 0 Å². The Morgan fingerprint density at radius 3 is 2.73 bits per heavy atom. The second kappa shape index (κ2) is 2.95. The molecule has 0 saturated carbocycles. The normalized spacial score (nSPS) is 23.8. The molecule has 62 valence electrons. The highest BCUT2D eigenvalue weighted by Crippen LogP contribution is 2.17. The topological polar surface area (TPSA) is 40.5 Å². The van der Waals surface area contributed by atoms with Crippen LogP contribution in [0.4, 0.5) is 0 Å². The van der Waals surface area contributed by atoms with E-state index in [4.69, 9.17) is 5.11 Å². The molecule has 1 rings (SSSR count). The summed E-state index contributed by atoms with van der Waals surface area (Å²) in [5, 5.41) is 9.10. The number of piperidine rings is 1. The van der Waals surface area contributed by atoms with Gasteiger partial charge in [0.1, 0.15) is 0 Å². The number of hydrogen-bond donors (Lipinski definition) is 1. The zero-order valence-electron chi connectivity index (χ0n) is 6.92. The van der Waals surface area contributed by atoms with Gasteiger partial charge in [0, 0.05) is 13.6 Å². The minimum atomic E-state index is -0.0312. The van der Waals surface area contributed by atoms with E-state index in [0.29, 0.717) is 12.0 Å². The molecular formula is C8H13NO2. The van der Waals surface area contributed by atoms with Gasteiger partial charge in [0.05, 0.1) is 11.3 Å². The fourth-order valence-electron chi connectivity index (χ4n) is 1.27. The van der Waals surface area contributed by atoms with Crippen molar-refractivity contribution in [3.63, 3.8) is 0 Å². The van der Waals surface area contributed by atoms with Gasteiger partial charge in [0.2, 0.25) is 0 Å². The molecule has 0 spiro atoms. The number of aliphatic hydroxyl groups excluding tert-OH is 1. The summed E-state index contributed by atoms with van der Waals surface area (Å²) < 4.78 is 0. The molecular weight excluding hydrogens is 142 g/mol. The number of likely N-dealkylation sites (tertiary alicyclic amines) is 1. The maximum Gasteiger partial charge on any atom is 0.252 e. The van der Waals surface area contributed by atoms with Crippen LogP contribution in [0.25, 0.3) is 0 Å². The van der Waals surface area contributed by atoms with Crippen molar-refractivity contribution in [3.8, 4) is 0 Å². The van der Waals surface area contributed by atoms with Gasteiger partial charge in [0.15, 0.2) is 0 Å². The Bertz CT molecular complexity index is 204. The van der Waals surface area contributed by atoms with E-state index >= 15 is 0 Å². The summed E-state index contributed by atoms with van der Waals surface area (Å²) in [7, 11) is 1.75. The van der Waals surface area contributed by atoms with Crippen molar-refractivity contribution in [1.29, 1.82) is 0 Å². The number of rotatable bonds is 0. The van der Waals surface area contributed by atoms with Gasteiger partial charge < -0.3 is 10.0 Å². The predicted octanol–water partition coefficient (Wildman–Crippen LogP) is 1.07. The third-order valence-electron chi connectivity index (χ3n) is 1.96. The fourth-order valence-corrected chi connectivity index (χ4v) is 1.27. The minimum absolute atomic E-state index is 0.0312. The van der Waals surface area contributed by atoms with Crippen LogP contribution >= 0.6 is 0 Å². The summed E-state index contributed by atoms with van der Waals surface area (Å²) in [5.41, 5.74) is 0.568. The Labute approximate surface area is 66.3 Å². The van der Waals surface area contributed by atoms with Gasteiger partial charge in [0.25, 0.3) is 5.91 Å². The summed E-state index contributed by atoms with van der Waals surface area (Å²) in [5.74, 6) is 0.137. The van der Waals surface area contributed by atoms with Crippen LogP contribution in [0.15, 0.2) is 11.3 Å². The number of likely N-dealkylation sites (N-methyl/N-ethyl adjacent to an activating group) is 1. The molecule has 1 aliphatic heterocycles. The first kappa shape index (κ1) is 8.11. The number of allylic oxidation sites excluding steroid dienone is 1. The van der Waals surface area contributed by atoms with E-state index in [1.807, 2.05) is 0 Å². The summed E-state index contributed by atoms with van der Waals surface area (Å²) in [6, 6.07) is 0. The number of aliphatic hydroxyl groups is 1. The lowest BCUT2D eigenvalue weighted by atomic mass is 10.0. The van der Waals surface area contributed by atoms with Crippen LogP contribution in [0.2, 0.25) is 0 Å². The fraction of sp³-hybridized carbons (Fsp3) is 0.625. The van der Waals surface area contributed by atoms with Crippen molar-refractivity contribution in [2.75, 3.05) is 13.6 Å². The molecule has 1 aliphatic rings. The molecule has 11 heavy (non-hydrogen) atoms. The summed E-state index contributed by atoms with van der Waals surface area (Å²) in [6.45, 7) is 2.36. The quantitative estimate of drug-likeness (QED) is 0.420. The highest BCUT2D eigenvalue weighted by Gasteiger charge is 2.21. The second-order valence-electron chi connectivity index (χ2n) is 2.89.